The Morgan fingerprint density at radius 2 is 2.33 bits per heavy atom. The van der Waals surface area contributed by atoms with Crippen LogP contribution >= 0.6 is 11.3 Å². The number of carbonyl (C=O) groups excluding carboxylic acids is 1. The average Bonchev–Trinajstić information content (AvgIpc) is 2.99. The maximum absolute atomic E-state index is 12.0. The predicted molar refractivity (Wildman–Crippen MR) is 79.2 cm³/mol. The summed E-state index contributed by atoms with van der Waals surface area (Å²) in [7, 11) is 1.66. The summed E-state index contributed by atoms with van der Waals surface area (Å²) in [6.07, 6.45) is 0.991. The number of aryl methyl sites for hydroxylation is 1. The number of rotatable bonds is 5. The van der Waals surface area contributed by atoms with Crippen LogP contribution in [0.2, 0.25) is 0 Å². The molecule has 0 saturated carbocycles. The average molecular weight is 311 g/mol. The van der Waals surface area contributed by atoms with Crippen molar-refractivity contribution in [3.8, 4) is 0 Å². The summed E-state index contributed by atoms with van der Waals surface area (Å²) in [4.78, 5) is 16.3. The molecule has 0 bridgehead atoms. The molecule has 3 heterocycles. The summed E-state index contributed by atoms with van der Waals surface area (Å²) in [5.74, 6) is 0. The van der Waals surface area contributed by atoms with E-state index in [1.807, 2.05) is 11.8 Å². The molecule has 116 valence electrons. The third kappa shape index (κ3) is 3.17. The van der Waals surface area contributed by atoms with Gasteiger partial charge in [0.05, 0.1) is 25.2 Å². The fraction of sp³-hybridized carbons (Fsp3) is 0.769. The van der Waals surface area contributed by atoms with E-state index >= 15 is 0 Å². The molecule has 0 unspecified atom stereocenters. The lowest BCUT2D eigenvalue weighted by molar-refractivity contribution is 0.111. The summed E-state index contributed by atoms with van der Waals surface area (Å²) in [6.45, 7) is 5.90. The van der Waals surface area contributed by atoms with E-state index in [4.69, 9.17) is 4.74 Å². The molecule has 2 fully saturated rings. The first-order chi connectivity index (χ1) is 10.2. The quantitative estimate of drug-likeness (QED) is 0.855. The zero-order chi connectivity index (χ0) is 14.8. The number of fused-ring (bicyclic) bond motifs is 1. The minimum absolute atomic E-state index is 0.0376. The third-order valence-corrected chi connectivity index (χ3v) is 4.92. The van der Waals surface area contributed by atoms with Gasteiger partial charge in [0.1, 0.15) is 10.0 Å². The minimum atomic E-state index is 0.0376. The van der Waals surface area contributed by atoms with Crippen molar-refractivity contribution in [1.82, 2.24) is 25.3 Å². The van der Waals surface area contributed by atoms with E-state index in [9.17, 15) is 4.79 Å². The molecule has 2 aliphatic heterocycles. The molecule has 2 atom stereocenters. The number of ether oxygens (including phenoxy) is 1. The monoisotopic (exact) mass is 311 g/mol. The van der Waals surface area contributed by atoms with Crippen molar-refractivity contribution in [1.29, 1.82) is 0 Å². The number of aromatic nitrogens is 2. The van der Waals surface area contributed by atoms with Crippen LogP contribution in [0.5, 0.6) is 0 Å². The Kier molecular flexibility index (Phi) is 4.37. The van der Waals surface area contributed by atoms with Crippen LogP contribution in [0, 0.1) is 6.92 Å². The fourth-order valence-corrected chi connectivity index (χ4v) is 3.86. The first-order valence-electron chi connectivity index (χ1n) is 7.25. The highest BCUT2D eigenvalue weighted by Crippen LogP contribution is 2.24. The molecule has 2 amide bonds. The maximum atomic E-state index is 12.0. The number of nitrogens with one attached hydrogen (secondary N) is 1. The zero-order valence-electron chi connectivity index (χ0n) is 12.4. The molecule has 1 aromatic rings. The van der Waals surface area contributed by atoms with Gasteiger partial charge in [-0.3, -0.25) is 4.90 Å². The standard InChI is InChI=1S/C13H21N5O2S/c1-9-15-16-12(21-9)8-17-4-3-11-10(7-17)14-13(19)18(11)5-6-20-2/h10-11H,3-8H2,1-2H3,(H,14,19)/t10-,11+/m0/s1. The lowest BCUT2D eigenvalue weighted by Crippen LogP contribution is -2.51. The Morgan fingerprint density at radius 3 is 3.05 bits per heavy atom. The lowest BCUT2D eigenvalue weighted by Gasteiger charge is -2.36. The normalized spacial score (nSPS) is 26.0. The van der Waals surface area contributed by atoms with Crippen LogP contribution in [-0.4, -0.2) is 71.5 Å². The Labute approximate surface area is 128 Å². The van der Waals surface area contributed by atoms with Crippen molar-refractivity contribution in [2.24, 2.45) is 0 Å². The summed E-state index contributed by atoms with van der Waals surface area (Å²) >= 11 is 1.64. The molecule has 1 aromatic heterocycles. The highest BCUT2D eigenvalue weighted by atomic mass is 32.1. The van der Waals surface area contributed by atoms with Crippen LogP contribution in [0.3, 0.4) is 0 Å². The second-order valence-corrected chi connectivity index (χ2v) is 6.81. The van der Waals surface area contributed by atoms with Crippen molar-refractivity contribution in [2.75, 3.05) is 33.4 Å². The number of hydrogen-bond acceptors (Lipinski definition) is 6. The molecule has 8 heteroatoms. The molecule has 7 nitrogen and oxygen atoms in total. The van der Waals surface area contributed by atoms with E-state index in [1.165, 1.54) is 0 Å². The Hall–Kier alpha value is -1.25. The first kappa shape index (κ1) is 14.7. The van der Waals surface area contributed by atoms with Gasteiger partial charge in [0.25, 0.3) is 0 Å². The molecule has 0 aromatic carbocycles. The van der Waals surface area contributed by atoms with Gasteiger partial charge in [-0.05, 0) is 13.3 Å². The minimum Gasteiger partial charge on any atom is -0.383 e. The zero-order valence-corrected chi connectivity index (χ0v) is 13.2. The smallest absolute Gasteiger partial charge is 0.318 e. The first-order valence-corrected chi connectivity index (χ1v) is 8.06. The molecule has 0 spiro atoms. The SMILES string of the molecule is COCCN1C(=O)N[C@H]2CN(Cc3nnc(C)s3)CC[C@H]21. The van der Waals surface area contributed by atoms with Crippen molar-refractivity contribution in [3.05, 3.63) is 10.0 Å². The number of amides is 2. The van der Waals surface area contributed by atoms with E-state index in [0.29, 0.717) is 19.2 Å². The van der Waals surface area contributed by atoms with Gasteiger partial charge in [-0.1, -0.05) is 0 Å². The van der Waals surface area contributed by atoms with Gasteiger partial charge >= 0.3 is 6.03 Å². The Bertz CT molecular complexity index is 509. The van der Waals surface area contributed by atoms with E-state index in [1.54, 1.807) is 18.4 Å². The number of methoxy groups -OCH3 is 1. The summed E-state index contributed by atoms with van der Waals surface area (Å²) in [6, 6.07) is 0.535. The van der Waals surface area contributed by atoms with E-state index in [2.05, 4.69) is 20.4 Å². The second kappa shape index (κ2) is 6.25. The van der Waals surface area contributed by atoms with Gasteiger partial charge in [0.15, 0.2) is 0 Å². The lowest BCUT2D eigenvalue weighted by atomic mass is 10.00. The number of hydrogen-bond donors (Lipinski definition) is 1. The van der Waals surface area contributed by atoms with Crippen molar-refractivity contribution in [3.63, 3.8) is 0 Å². The number of likely N-dealkylation sites (tertiary alicyclic amines) is 1. The fourth-order valence-electron chi connectivity index (χ4n) is 3.11. The summed E-state index contributed by atoms with van der Waals surface area (Å²) in [5, 5.41) is 13.4. The molecule has 0 radical (unpaired) electrons. The van der Waals surface area contributed by atoms with Crippen LogP contribution in [0.4, 0.5) is 4.79 Å². The molecule has 1 N–H and O–H groups in total. The largest absolute Gasteiger partial charge is 0.383 e. The van der Waals surface area contributed by atoms with Crippen molar-refractivity contribution in [2.45, 2.75) is 32.0 Å². The maximum Gasteiger partial charge on any atom is 0.318 e. The van der Waals surface area contributed by atoms with Crippen LogP contribution in [0.15, 0.2) is 0 Å². The molecule has 2 saturated heterocycles. The van der Waals surface area contributed by atoms with Crippen molar-refractivity contribution < 1.29 is 9.53 Å². The Morgan fingerprint density at radius 1 is 1.48 bits per heavy atom. The number of piperidine rings is 1. The van der Waals surface area contributed by atoms with E-state index in [0.717, 1.165) is 36.1 Å². The van der Waals surface area contributed by atoms with Crippen LogP contribution in [-0.2, 0) is 11.3 Å². The topological polar surface area (TPSA) is 70.6 Å². The van der Waals surface area contributed by atoms with Gasteiger partial charge in [-0.2, -0.15) is 0 Å². The van der Waals surface area contributed by atoms with Gasteiger partial charge in [-0.15, -0.1) is 21.5 Å². The third-order valence-electron chi connectivity index (χ3n) is 4.09. The van der Waals surface area contributed by atoms with Crippen molar-refractivity contribution >= 4 is 17.4 Å². The Balaban J connectivity index is 1.58. The molecule has 3 rings (SSSR count). The molecular formula is C13H21N5O2S. The van der Waals surface area contributed by atoms with E-state index in [-0.39, 0.29) is 12.1 Å². The number of nitrogens with zero attached hydrogens (tertiary/aromatic N) is 4. The molecule has 2 aliphatic rings. The van der Waals surface area contributed by atoms with Crippen LogP contribution in [0.25, 0.3) is 0 Å². The summed E-state index contributed by atoms with van der Waals surface area (Å²) < 4.78 is 5.09. The van der Waals surface area contributed by atoms with Gasteiger partial charge < -0.3 is 15.0 Å². The number of carbonyl (C=O) groups is 1. The van der Waals surface area contributed by atoms with Gasteiger partial charge in [0, 0.05) is 26.7 Å². The second-order valence-electron chi connectivity index (χ2n) is 5.55. The summed E-state index contributed by atoms with van der Waals surface area (Å²) in [5.41, 5.74) is 0. The molecular weight excluding hydrogens is 290 g/mol. The van der Waals surface area contributed by atoms with Gasteiger partial charge in [-0.25, -0.2) is 4.79 Å². The number of urea groups is 1. The van der Waals surface area contributed by atoms with Gasteiger partial charge in [0.2, 0.25) is 0 Å². The van der Waals surface area contributed by atoms with E-state index < -0.39 is 0 Å². The highest BCUT2D eigenvalue weighted by molar-refractivity contribution is 7.11. The predicted octanol–water partition coefficient (Wildman–Crippen LogP) is 0.461. The van der Waals surface area contributed by atoms with Crippen LogP contribution in [0.1, 0.15) is 16.4 Å². The van der Waals surface area contributed by atoms with Crippen LogP contribution < -0.4 is 5.32 Å². The highest BCUT2D eigenvalue weighted by Gasteiger charge is 2.42. The molecule has 0 aliphatic carbocycles. The molecule has 21 heavy (non-hydrogen) atoms.